The van der Waals surface area contributed by atoms with Crippen LogP contribution in [0.15, 0.2) is 24.3 Å². The fraction of sp³-hybridized carbons (Fsp3) is 0.625. The highest BCUT2D eigenvalue weighted by atomic mass is 19.1. The van der Waals surface area contributed by atoms with Crippen LogP contribution >= 0.6 is 0 Å². The first kappa shape index (κ1) is 14.5. The van der Waals surface area contributed by atoms with Crippen molar-refractivity contribution >= 4 is 0 Å². The van der Waals surface area contributed by atoms with Crippen molar-refractivity contribution in [2.24, 2.45) is 0 Å². The Kier molecular flexibility index (Phi) is 4.58. The number of hydrogen-bond donors (Lipinski definition) is 1. The number of aliphatic hydroxyl groups is 1. The maximum Gasteiger partial charge on any atom is 0.123 e. The van der Waals surface area contributed by atoms with Crippen LogP contribution in [0.3, 0.4) is 0 Å². The lowest BCUT2D eigenvalue weighted by Crippen LogP contribution is -2.49. The first-order valence-corrected chi connectivity index (χ1v) is 7.17. The van der Waals surface area contributed by atoms with Crippen LogP contribution in [0.5, 0.6) is 0 Å². The lowest BCUT2D eigenvalue weighted by Gasteiger charge is -2.43. The monoisotopic (exact) mass is 265 g/mol. The summed E-state index contributed by atoms with van der Waals surface area (Å²) in [6, 6.07) is 6.27. The van der Waals surface area contributed by atoms with Gasteiger partial charge in [0.25, 0.3) is 0 Å². The molecule has 0 aliphatic heterocycles. The zero-order valence-corrected chi connectivity index (χ0v) is 11.9. The van der Waals surface area contributed by atoms with Crippen molar-refractivity contribution in [3.8, 4) is 0 Å². The molecule has 1 saturated carbocycles. The molecule has 0 spiro atoms. The van der Waals surface area contributed by atoms with Gasteiger partial charge in [-0.1, -0.05) is 37.8 Å². The Morgan fingerprint density at radius 2 is 1.58 bits per heavy atom. The quantitative estimate of drug-likeness (QED) is 0.845. The predicted molar refractivity (Wildman–Crippen MR) is 75.5 cm³/mol. The molecule has 1 aromatic rings. The number of rotatable bonds is 3. The summed E-state index contributed by atoms with van der Waals surface area (Å²) in [5.74, 6) is -0.254. The highest BCUT2D eigenvalue weighted by Crippen LogP contribution is 2.40. The third-order valence-electron chi connectivity index (χ3n) is 4.55. The summed E-state index contributed by atoms with van der Waals surface area (Å²) in [6.45, 7) is 0. The van der Waals surface area contributed by atoms with Crippen molar-refractivity contribution in [2.75, 3.05) is 14.1 Å². The average Bonchev–Trinajstić information content (AvgIpc) is 2.65. The molecule has 0 heterocycles. The molecular formula is C16H24FNO. The van der Waals surface area contributed by atoms with E-state index in [-0.39, 0.29) is 11.4 Å². The van der Waals surface area contributed by atoms with E-state index >= 15 is 0 Å². The largest absolute Gasteiger partial charge is 0.386 e. The topological polar surface area (TPSA) is 23.5 Å². The van der Waals surface area contributed by atoms with Gasteiger partial charge < -0.3 is 10.0 Å². The Hall–Kier alpha value is -0.930. The van der Waals surface area contributed by atoms with Crippen LogP contribution in [-0.2, 0) is 0 Å². The second-order valence-corrected chi connectivity index (χ2v) is 5.87. The van der Waals surface area contributed by atoms with Gasteiger partial charge in [0, 0.05) is 0 Å². The lowest BCUT2D eigenvalue weighted by molar-refractivity contribution is -0.0199. The predicted octanol–water partition coefficient (Wildman–Crippen LogP) is 3.51. The average molecular weight is 265 g/mol. The molecular weight excluding hydrogens is 241 g/mol. The maximum atomic E-state index is 13.0. The Balaban J connectivity index is 2.29. The van der Waals surface area contributed by atoms with E-state index in [2.05, 4.69) is 4.90 Å². The van der Waals surface area contributed by atoms with Gasteiger partial charge in [0.2, 0.25) is 0 Å². The summed E-state index contributed by atoms with van der Waals surface area (Å²) in [4.78, 5) is 2.16. The fourth-order valence-electron chi connectivity index (χ4n) is 3.26. The second kappa shape index (κ2) is 6.02. The SMILES string of the molecule is CN(C)C1(C(O)c2ccc(F)cc2)CCCCCC1. The number of hydrogen-bond acceptors (Lipinski definition) is 2. The Morgan fingerprint density at radius 1 is 1.05 bits per heavy atom. The van der Waals surface area contributed by atoms with Gasteiger partial charge in [0.15, 0.2) is 0 Å². The van der Waals surface area contributed by atoms with Crippen LogP contribution < -0.4 is 0 Å². The van der Waals surface area contributed by atoms with E-state index in [1.165, 1.54) is 25.0 Å². The minimum absolute atomic E-state index is 0.214. The van der Waals surface area contributed by atoms with Crippen molar-refractivity contribution in [1.82, 2.24) is 4.90 Å². The third kappa shape index (κ3) is 2.98. The molecule has 3 heteroatoms. The lowest BCUT2D eigenvalue weighted by atomic mass is 9.80. The van der Waals surface area contributed by atoms with Gasteiger partial charge in [0.05, 0.1) is 11.6 Å². The van der Waals surface area contributed by atoms with Crippen LogP contribution in [0.1, 0.15) is 50.2 Å². The first-order valence-electron chi connectivity index (χ1n) is 7.17. The Bertz CT molecular complexity index is 394. The van der Waals surface area contributed by atoms with Crippen LogP contribution in [0, 0.1) is 5.82 Å². The van der Waals surface area contributed by atoms with Crippen LogP contribution in [0.25, 0.3) is 0 Å². The van der Waals surface area contributed by atoms with Crippen LogP contribution in [0.2, 0.25) is 0 Å². The van der Waals surface area contributed by atoms with Gasteiger partial charge in [0.1, 0.15) is 5.82 Å². The Morgan fingerprint density at radius 3 is 2.05 bits per heavy atom. The number of nitrogens with zero attached hydrogens (tertiary/aromatic N) is 1. The summed E-state index contributed by atoms with van der Waals surface area (Å²) in [5.41, 5.74) is 0.603. The molecule has 0 aromatic heterocycles. The van der Waals surface area contributed by atoms with E-state index in [4.69, 9.17) is 0 Å². The summed E-state index contributed by atoms with van der Waals surface area (Å²) in [7, 11) is 4.08. The van der Waals surface area contributed by atoms with Crippen LogP contribution in [0.4, 0.5) is 4.39 Å². The van der Waals surface area contributed by atoms with E-state index in [1.54, 1.807) is 12.1 Å². The molecule has 1 aromatic carbocycles. The van der Waals surface area contributed by atoms with Gasteiger partial charge >= 0.3 is 0 Å². The molecule has 106 valence electrons. The molecule has 0 saturated heterocycles. The van der Waals surface area contributed by atoms with E-state index in [1.807, 2.05) is 14.1 Å². The molecule has 0 radical (unpaired) electrons. The van der Waals surface area contributed by atoms with E-state index < -0.39 is 6.10 Å². The van der Waals surface area contributed by atoms with Gasteiger partial charge in [-0.05, 0) is 44.6 Å². The van der Waals surface area contributed by atoms with Crippen molar-refractivity contribution < 1.29 is 9.50 Å². The van der Waals surface area contributed by atoms with Crippen molar-refractivity contribution in [3.05, 3.63) is 35.6 Å². The molecule has 2 rings (SSSR count). The van der Waals surface area contributed by atoms with Gasteiger partial charge in [-0.2, -0.15) is 0 Å². The molecule has 1 atom stereocenters. The number of likely N-dealkylation sites (N-methyl/N-ethyl adjacent to an activating group) is 1. The molecule has 1 aliphatic rings. The van der Waals surface area contributed by atoms with Gasteiger partial charge in [-0.25, -0.2) is 4.39 Å². The van der Waals surface area contributed by atoms with Crippen molar-refractivity contribution in [3.63, 3.8) is 0 Å². The smallest absolute Gasteiger partial charge is 0.123 e. The van der Waals surface area contributed by atoms with Gasteiger partial charge in [-0.15, -0.1) is 0 Å². The van der Waals surface area contributed by atoms with E-state index in [0.717, 1.165) is 31.2 Å². The van der Waals surface area contributed by atoms with E-state index in [9.17, 15) is 9.50 Å². The summed E-state index contributed by atoms with van der Waals surface area (Å²) in [6.07, 6.45) is 6.22. The molecule has 1 unspecified atom stereocenters. The highest BCUT2D eigenvalue weighted by molar-refractivity contribution is 5.22. The molecule has 19 heavy (non-hydrogen) atoms. The molecule has 0 amide bonds. The van der Waals surface area contributed by atoms with Crippen molar-refractivity contribution in [2.45, 2.75) is 50.2 Å². The Labute approximate surface area is 115 Å². The number of halogens is 1. The highest BCUT2D eigenvalue weighted by Gasteiger charge is 2.40. The molecule has 1 fully saturated rings. The second-order valence-electron chi connectivity index (χ2n) is 5.87. The zero-order chi connectivity index (χ0) is 13.9. The molecule has 1 aliphatic carbocycles. The summed E-state index contributed by atoms with van der Waals surface area (Å²) >= 11 is 0. The number of aliphatic hydroxyl groups excluding tert-OH is 1. The zero-order valence-electron chi connectivity index (χ0n) is 11.9. The minimum Gasteiger partial charge on any atom is -0.386 e. The molecule has 2 nitrogen and oxygen atoms in total. The fourth-order valence-corrected chi connectivity index (χ4v) is 3.26. The van der Waals surface area contributed by atoms with Crippen molar-refractivity contribution in [1.29, 1.82) is 0 Å². The number of benzene rings is 1. The molecule has 0 bridgehead atoms. The maximum absolute atomic E-state index is 13.0. The third-order valence-corrected chi connectivity index (χ3v) is 4.55. The normalized spacial score (nSPS) is 21.1. The van der Waals surface area contributed by atoms with Crippen LogP contribution in [-0.4, -0.2) is 29.6 Å². The first-order chi connectivity index (χ1) is 9.06. The summed E-state index contributed by atoms with van der Waals surface area (Å²) in [5, 5.41) is 10.8. The van der Waals surface area contributed by atoms with E-state index in [0.29, 0.717) is 0 Å². The summed E-state index contributed by atoms with van der Waals surface area (Å²) < 4.78 is 13.0. The molecule has 1 N–H and O–H groups in total. The van der Waals surface area contributed by atoms with Gasteiger partial charge in [-0.3, -0.25) is 0 Å². The standard InChI is InChI=1S/C16H24FNO/c1-18(2)16(11-5-3-4-6-12-16)15(19)13-7-9-14(17)10-8-13/h7-10,15,19H,3-6,11-12H2,1-2H3. The minimum atomic E-state index is -0.554.